The number of rotatable bonds is 4. The van der Waals surface area contributed by atoms with Crippen molar-refractivity contribution in [2.75, 3.05) is 26.2 Å². The zero-order valence-electron chi connectivity index (χ0n) is 12.9. The molecular formula is C16H24F2N2S. The van der Waals surface area contributed by atoms with Crippen LogP contribution in [0.25, 0.3) is 0 Å². The van der Waals surface area contributed by atoms with E-state index in [-0.39, 0.29) is 4.75 Å². The average Bonchev–Trinajstić information content (AvgIpc) is 2.40. The van der Waals surface area contributed by atoms with E-state index in [9.17, 15) is 8.78 Å². The minimum atomic E-state index is -2.37. The van der Waals surface area contributed by atoms with Crippen LogP contribution in [0.2, 0.25) is 0 Å². The van der Waals surface area contributed by atoms with Crippen molar-refractivity contribution in [3.8, 4) is 0 Å². The van der Waals surface area contributed by atoms with E-state index < -0.39 is 12.5 Å². The molecule has 118 valence electrons. The number of piperazine rings is 1. The van der Waals surface area contributed by atoms with Crippen LogP contribution in [0.5, 0.6) is 0 Å². The van der Waals surface area contributed by atoms with Gasteiger partial charge in [-0.3, -0.25) is 4.90 Å². The Hall–Kier alpha value is -0.650. The van der Waals surface area contributed by atoms with Crippen molar-refractivity contribution in [2.45, 2.75) is 42.9 Å². The lowest BCUT2D eigenvalue weighted by Crippen LogP contribution is -2.47. The van der Waals surface area contributed by atoms with Gasteiger partial charge in [0.2, 0.25) is 0 Å². The Kier molecular flexibility index (Phi) is 5.63. The van der Waals surface area contributed by atoms with Crippen LogP contribution in [0.3, 0.4) is 0 Å². The van der Waals surface area contributed by atoms with Crippen LogP contribution in [0, 0.1) is 0 Å². The summed E-state index contributed by atoms with van der Waals surface area (Å²) in [5, 5.41) is 3.22. The van der Waals surface area contributed by atoms with E-state index in [0.29, 0.717) is 13.1 Å². The number of nitrogens with zero attached hydrogens (tertiary/aromatic N) is 1. The van der Waals surface area contributed by atoms with Crippen LogP contribution >= 0.6 is 11.8 Å². The molecule has 0 aromatic heterocycles. The number of thioether (sulfide) groups is 1. The Morgan fingerprint density at radius 1 is 1.14 bits per heavy atom. The van der Waals surface area contributed by atoms with Crippen molar-refractivity contribution in [1.29, 1.82) is 0 Å². The maximum absolute atomic E-state index is 13.7. The summed E-state index contributed by atoms with van der Waals surface area (Å²) in [6.07, 6.45) is -2.37. The van der Waals surface area contributed by atoms with Gasteiger partial charge in [-0.05, 0) is 11.6 Å². The second-order valence-corrected chi connectivity index (χ2v) is 8.19. The molecule has 0 radical (unpaired) electrons. The highest BCUT2D eigenvalue weighted by atomic mass is 32.2. The first kappa shape index (κ1) is 16.7. The molecule has 0 bridgehead atoms. The molecule has 2 nitrogen and oxygen atoms in total. The summed E-state index contributed by atoms with van der Waals surface area (Å²) < 4.78 is 27.4. The third kappa shape index (κ3) is 4.66. The molecule has 1 N–H and O–H groups in total. The van der Waals surface area contributed by atoms with Crippen LogP contribution in [0.15, 0.2) is 29.2 Å². The number of nitrogens with one attached hydrogen (secondary N) is 1. The second-order valence-electron chi connectivity index (χ2n) is 6.32. The number of benzene rings is 1. The fourth-order valence-electron chi connectivity index (χ4n) is 2.60. The first-order valence-electron chi connectivity index (χ1n) is 7.39. The number of alkyl halides is 2. The Balaban J connectivity index is 2.31. The minimum Gasteiger partial charge on any atom is -0.314 e. The zero-order chi connectivity index (χ0) is 15.5. The molecule has 1 aliphatic heterocycles. The highest BCUT2D eigenvalue weighted by molar-refractivity contribution is 8.00. The van der Waals surface area contributed by atoms with Gasteiger partial charge in [0, 0.05) is 35.8 Å². The topological polar surface area (TPSA) is 15.3 Å². The van der Waals surface area contributed by atoms with Crippen LogP contribution in [-0.2, 0) is 0 Å². The van der Waals surface area contributed by atoms with Crippen LogP contribution in [0.1, 0.15) is 32.4 Å². The summed E-state index contributed by atoms with van der Waals surface area (Å²) in [4.78, 5) is 2.87. The highest BCUT2D eigenvalue weighted by Crippen LogP contribution is 2.39. The SMILES string of the molecule is CC(C)(C)Sc1ccccc1[C@@H](C(F)F)N1CCNCC1. The van der Waals surface area contributed by atoms with Gasteiger partial charge in [0.15, 0.2) is 0 Å². The number of hydrogen-bond acceptors (Lipinski definition) is 3. The third-order valence-electron chi connectivity index (χ3n) is 3.44. The summed E-state index contributed by atoms with van der Waals surface area (Å²) in [7, 11) is 0. The molecule has 1 heterocycles. The molecule has 21 heavy (non-hydrogen) atoms. The predicted molar refractivity (Wildman–Crippen MR) is 85.2 cm³/mol. The molecule has 0 spiro atoms. The Morgan fingerprint density at radius 3 is 2.33 bits per heavy atom. The van der Waals surface area contributed by atoms with Crippen LogP contribution < -0.4 is 5.32 Å². The van der Waals surface area contributed by atoms with Gasteiger partial charge < -0.3 is 5.32 Å². The van der Waals surface area contributed by atoms with Gasteiger partial charge in [0.25, 0.3) is 6.43 Å². The van der Waals surface area contributed by atoms with Gasteiger partial charge in [-0.25, -0.2) is 8.78 Å². The molecular weight excluding hydrogens is 290 g/mol. The first-order valence-corrected chi connectivity index (χ1v) is 8.21. The molecule has 1 atom stereocenters. The second kappa shape index (κ2) is 7.07. The Morgan fingerprint density at radius 2 is 1.76 bits per heavy atom. The van der Waals surface area contributed by atoms with E-state index in [1.807, 2.05) is 29.2 Å². The lowest BCUT2D eigenvalue weighted by Gasteiger charge is -2.36. The maximum atomic E-state index is 13.7. The van der Waals surface area contributed by atoms with E-state index in [0.717, 1.165) is 23.5 Å². The van der Waals surface area contributed by atoms with E-state index in [2.05, 4.69) is 26.1 Å². The van der Waals surface area contributed by atoms with Gasteiger partial charge >= 0.3 is 0 Å². The summed E-state index contributed by atoms with van der Waals surface area (Å²) in [6.45, 7) is 9.21. The molecule has 5 heteroatoms. The molecule has 1 aromatic carbocycles. The van der Waals surface area contributed by atoms with E-state index in [1.54, 1.807) is 11.8 Å². The predicted octanol–water partition coefficient (Wildman–Crippen LogP) is 3.79. The molecule has 1 saturated heterocycles. The van der Waals surface area contributed by atoms with Crippen molar-refractivity contribution in [3.05, 3.63) is 29.8 Å². The average molecular weight is 314 g/mol. The monoisotopic (exact) mass is 314 g/mol. The minimum absolute atomic E-state index is 0.00618. The Labute approximate surface area is 130 Å². The molecule has 0 aliphatic carbocycles. The van der Waals surface area contributed by atoms with Gasteiger partial charge in [-0.1, -0.05) is 39.0 Å². The first-order chi connectivity index (χ1) is 9.88. The smallest absolute Gasteiger partial charge is 0.258 e. The summed E-state index contributed by atoms with van der Waals surface area (Å²) >= 11 is 1.66. The van der Waals surface area contributed by atoms with Crippen molar-refractivity contribution < 1.29 is 8.78 Å². The standard InChI is InChI=1S/C16H24F2N2S/c1-16(2,3)21-13-7-5-4-6-12(13)14(15(17)18)20-10-8-19-9-11-20/h4-7,14-15,19H,8-11H2,1-3H3/t14-/m0/s1. The van der Waals surface area contributed by atoms with Gasteiger partial charge in [0.05, 0.1) is 6.04 Å². The summed E-state index contributed by atoms with van der Waals surface area (Å²) in [5.74, 6) is 0. The fourth-order valence-corrected chi connectivity index (χ4v) is 3.71. The van der Waals surface area contributed by atoms with E-state index >= 15 is 0 Å². The van der Waals surface area contributed by atoms with Crippen molar-refractivity contribution in [2.24, 2.45) is 0 Å². The molecule has 1 aliphatic rings. The maximum Gasteiger partial charge on any atom is 0.258 e. The number of hydrogen-bond donors (Lipinski definition) is 1. The molecule has 0 saturated carbocycles. The lowest BCUT2D eigenvalue weighted by atomic mass is 10.0. The van der Waals surface area contributed by atoms with Crippen molar-refractivity contribution in [1.82, 2.24) is 10.2 Å². The van der Waals surface area contributed by atoms with E-state index in [4.69, 9.17) is 0 Å². The third-order valence-corrected chi connectivity index (χ3v) is 4.64. The van der Waals surface area contributed by atoms with Gasteiger partial charge in [-0.2, -0.15) is 0 Å². The molecule has 0 amide bonds. The largest absolute Gasteiger partial charge is 0.314 e. The van der Waals surface area contributed by atoms with Crippen LogP contribution in [0.4, 0.5) is 8.78 Å². The van der Waals surface area contributed by atoms with E-state index in [1.165, 1.54) is 0 Å². The van der Waals surface area contributed by atoms with Crippen LogP contribution in [-0.4, -0.2) is 42.3 Å². The molecule has 0 unspecified atom stereocenters. The lowest BCUT2D eigenvalue weighted by molar-refractivity contribution is 0.0169. The van der Waals surface area contributed by atoms with Crippen molar-refractivity contribution in [3.63, 3.8) is 0 Å². The molecule has 2 rings (SSSR count). The number of halogens is 2. The summed E-state index contributed by atoms with van der Waals surface area (Å²) in [6, 6.07) is 6.80. The summed E-state index contributed by atoms with van der Waals surface area (Å²) in [5.41, 5.74) is 0.759. The Bertz CT molecular complexity index is 454. The molecule has 1 aromatic rings. The van der Waals surface area contributed by atoms with Crippen molar-refractivity contribution >= 4 is 11.8 Å². The highest BCUT2D eigenvalue weighted by Gasteiger charge is 2.32. The zero-order valence-corrected chi connectivity index (χ0v) is 13.7. The van der Waals surface area contributed by atoms with Gasteiger partial charge in [-0.15, -0.1) is 11.8 Å². The normalized spacial score (nSPS) is 19.0. The fraction of sp³-hybridized carbons (Fsp3) is 0.625. The quantitative estimate of drug-likeness (QED) is 0.851. The molecule has 1 fully saturated rings. The van der Waals surface area contributed by atoms with Gasteiger partial charge in [0.1, 0.15) is 0 Å².